The Morgan fingerprint density at radius 3 is 3.21 bits per heavy atom. The van der Waals surface area contributed by atoms with Gasteiger partial charge in [0.15, 0.2) is 0 Å². The molecule has 2 N–H and O–H groups in total. The first-order valence-corrected chi connectivity index (χ1v) is 7.86. The van der Waals surface area contributed by atoms with Crippen LogP contribution in [-0.4, -0.2) is 31.1 Å². The van der Waals surface area contributed by atoms with Gasteiger partial charge in [0.2, 0.25) is 5.91 Å². The second-order valence-electron chi connectivity index (χ2n) is 4.69. The van der Waals surface area contributed by atoms with E-state index in [4.69, 9.17) is 4.74 Å². The number of nitrogens with one attached hydrogen (secondary N) is 2. The lowest BCUT2D eigenvalue weighted by molar-refractivity contribution is -0.118. The number of ether oxygens (including phenoxy) is 1. The number of benzene rings is 1. The van der Waals surface area contributed by atoms with E-state index in [-0.39, 0.29) is 11.8 Å². The number of rotatable bonds is 4. The van der Waals surface area contributed by atoms with Crippen molar-refractivity contribution < 1.29 is 9.53 Å². The molecule has 1 aromatic carbocycles. The molecule has 0 aliphatic carbocycles. The van der Waals surface area contributed by atoms with Gasteiger partial charge in [0.05, 0.1) is 0 Å². The molecule has 1 unspecified atom stereocenters. The maximum atomic E-state index is 12.0. The molecular weight excluding hydrogens is 260 g/mol. The molecule has 1 atom stereocenters. The fraction of sp³-hybridized carbons (Fsp3) is 0.500. The van der Waals surface area contributed by atoms with E-state index >= 15 is 0 Å². The van der Waals surface area contributed by atoms with Gasteiger partial charge < -0.3 is 15.4 Å². The molecule has 0 saturated carbocycles. The van der Waals surface area contributed by atoms with Crippen LogP contribution in [0.4, 0.5) is 5.69 Å². The summed E-state index contributed by atoms with van der Waals surface area (Å²) in [6.45, 7) is 4.25. The number of hydrogen-bond donors (Lipinski definition) is 2. The first-order valence-electron chi connectivity index (χ1n) is 6.47. The second-order valence-corrected chi connectivity index (χ2v) is 5.60. The first-order chi connectivity index (χ1) is 9.20. The lowest BCUT2D eigenvalue weighted by atomic mass is 10.1. The highest BCUT2D eigenvalue weighted by atomic mass is 32.2. The summed E-state index contributed by atoms with van der Waals surface area (Å²) in [5, 5.41) is 6.25. The lowest BCUT2D eigenvalue weighted by Gasteiger charge is -2.13. The van der Waals surface area contributed by atoms with Gasteiger partial charge in [0.25, 0.3) is 0 Å². The fourth-order valence-corrected chi connectivity index (χ4v) is 2.63. The van der Waals surface area contributed by atoms with Crippen LogP contribution >= 0.6 is 11.8 Å². The minimum absolute atomic E-state index is 0.0168. The van der Waals surface area contributed by atoms with E-state index in [2.05, 4.69) is 10.6 Å². The fourth-order valence-electron chi connectivity index (χ4n) is 1.98. The standard InChI is InChI=1S/C14H20N2O2S/c1-10(9-19-2)14(17)16-12-3-4-13-11(7-12)8-15-5-6-18-13/h3-4,7,10,15H,5-6,8-9H2,1-2H3,(H,16,17). The van der Waals surface area contributed by atoms with Crippen LogP contribution in [-0.2, 0) is 11.3 Å². The third-order valence-electron chi connectivity index (χ3n) is 3.04. The molecule has 0 aromatic heterocycles. The maximum absolute atomic E-state index is 12.0. The Hall–Kier alpha value is -1.20. The van der Waals surface area contributed by atoms with Crippen molar-refractivity contribution in [2.45, 2.75) is 13.5 Å². The lowest BCUT2D eigenvalue weighted by Crippen LogP contribution is -2.22. The molecule has 0 radical (unpaired) electrons. The molecule has 5 heteroatoms. The number of thioether (sulfide) groups is 1. The summed E-state index contributed by atoms with van der Waals surface area (Å²) in [5.74, 6) is 1.82. The molecule has 0 saturated heterocycles. The van der Waals surface area contributed by atoms with Gasteiger partial charge in [-0.25, -0.2) is 0 Å². The molecular formula is C14H20N2O2S. The van der Waals surface area contributed by atoms with E-state index in [1.165, 1.54) is 0 Å². The van der Waals surface area contributed by atoms with Crippen LogP contribution in [0, 0.1) is 5.92 Å². The van der Waals surface area contributed by atoms with Crippen LogP contribution in [0.5, 0.6) is 5.75 Å². The van der Waals surface area contributed by atoms with Gasteiger partial charge in [-0.1, -0.05) is 6.92 Å². The zero-order valence-electron chi connectivity index (χ0n) is 11.4. The molecule has 4 nitrogen and oxygen atoms in total. The maximum Gasteiger partial charge on any atom is 0.228 e. The van der Waals surface area contributed by atoms with Crippen molar-refractivity contribution in [3.05, 3.63) is 23.8 Å². The van der Waals surface area contributed by atoms with Crippen molar-refractivity contribution in [3.8, 4) is 5.75 Å². The van der Waals surface area contributed by atoms with Gasteiger partial charge in [-0.15, -0.1) is 0 Å². The minimum Gasteiger partial charge on any atom is -0.492 e. The monoisotopic (exact) mass is 280 g/mol. The molecule has 0 fully saturated rings. The van der Waals surface area contributed by atoms with Crippen molar-refractivity contribution in [2.75, 3.05) is 30.5 Å². The molecule has 1 aromatic rings. The van der Waals surface area contributed by atoms with Gasteiger partial charge in [-0.2, -0.15) is 11.8 Å². The Morgan fingerprint density at radius 2 is 2.42 bits per heavy atom. The van der Waals surface area contributed by atoms with Crippen molar-refractivity contribution in [1.82, 2.24) is 5.32 Å². The summed E-state index contributed by atoms with van der Waals surface area (Å²) >= 11 is 1.68. The Bertz CT molecular complexity index is 451. The topological polar surface area (TPSA) is 50.4 Å². The van der Waals surface area contributed by atoms with Gasteiger partial charge in [-0.3, -0.25) is 4.79 Å². The third kappa shape index (κ3) is 3.88. The van der Waals surface area contributed by atoms with E-state index in [9.17, 15) is 4.79 Å². The van der Waals surface area contributed by atoms with Gasteiger partial charge in [-0.05, 0) is 24.5 Å². The molecule has 1 aliphatic rings. The van der Waals surface area contributed by atoms with Crippen molar-refractivity contribution in [1.29, 1.82) is 0 Å². The molecule has 1 heterocycles. The molecule has 2 rings (SSSR count). The predicted octanol–water partition coefficient (Wildman–Crippen LogP) is 2.11. The summed E-state index contributed by atoms with van der Waals surface area (Å²) < 4.78 is 5.62. The van der Waals surface area contributed by atoms with Gasteiger partial charge in [0.1, 0.15) is 12.4 Å². The highest BCUT2D eigenvalue weighted by Crippen LogP contribution is 2.24. The Morgan fingerprint density at radius 1 is 1.58 bits per heavy atom. The van der Waals surface area contributed by atoms with E-state index < -0.39 is 0 Å². The first kappa shape index (κ1) is 14.2. The Kier molecular flexibility index (Phi) is 5.10. The largest absolute Gasteiger partial charge is 0.492 e. The van der Waals surface area contributed by atoms with E-state index in [0.29, 0.717) is 6.61 Å². The average Bonchev–Trinajstić information content (AvgIpc) is 2.63. The third-order valence-corrected chi connectivity index (χ3v) is 3.88. The molecule has 0 bridgehead atoms. The van der Waals surface area contributed by atoms with Crippen LogP contribution < -0.4 is 15.4 Å². The summed E-state index contributed by atoms with van der Waals surface area (Å²) in [4.78, 5) is 12.0. The second kappa shape index (κ2) is 6.82. The minimum atomic E-state index is 0.0168. The van der Waals surface area contributed by atoms with Gasteiger partial charge >= 0.3 is 0 Å². The molecule has 0 spiro atoms. The Balaban J connectivity index is 2.05. The van der Waals surface area contributed by atoms with Crippen LogP contribution in [0.2, 0.25) is 0 Å². The van der Waals surface area contributed by atoms with Crippen LogP contribution in [0.15, 0.2) is 18.2 Å². The van der Waals surface area contributed by atoms with E-state index in [0.717, 1.165) is 35.8 Å². The Labute approximate surface area is 118 Å². The zero-order chi connectivity index (χ0) is 13.7. The number of hydrogen-bond acceptors (Lipinski definition) is 4. The molecule has 1 amide bonds. The number of fused-ring (bicyclic) bond motifs is 1. The highest BCUT2D eigenvalue weighted by Gasteiger charge is 2.14. The van der Waals surface area contributed by atoms with E-state index in [1.807, 2.05) is 31.4 Å². The van der Waals surface area contributed by atoms with Crippen molar-refractivity contribution in [2.24, 2.45) is 5.92 Å². The quantitative estimate of drug-likeness (QED) is 0.887. The average molecular weight is 280 g/mol. The van der Waals surface area contributed by atoms with Crippen LogP contribution in [0.3, 0.4) is 0 Å². The van der Waals surface area contributed by atoms with Crippen LogP contribution in [0.1, 0.15) is 12.5 Å². The number of amides is 1. The van der Waals surface area contributed by atoms with Gasteiger partial charge in [0, 0.05) is 36.0 Å². The van der Waals surface area contributed by atoms with E-state index in [1.54, 1.807) is 11.8 Å². The SMILES string of the molecule is CSCC(C)C(=O)Nc1ccc2c(c1)CNCCO2. The predicted molar refractivity (Wildman–Crippen MR) is 79.8 cm³/mol. The summed E-state index contributed by atoms with van der Waals surface area (Å²) in [7, 11) is 0. The summed E-state index contributed by atoms with van der Waals surface area (Å²) in [6, 6.07) is 5.81. The van der Waals surface area contributed by atoms with Crippen molar-refractivity contribution in [3.63, 3.8) is 0 Å². The van der Waals surface area contributed by atoms with Crippen LogP contribution in [0.25, 0.3) is 0 Å². The molecule has 104 valence electrons. The molecule has 19 heavy (non-hydrogen) atoms. The summed E-state index contributed by atoms with van der Waals surface area (Å²) in [5.41, 5.74) is 1.93. The normalized spacial score (nSPS) is 15.9. The van der Waals surface area contributed by atoms with Crippen molar-refractivity contribution >= 4 is 23.4 Å². The highest BCUT2D eigenvalue weighted by molar-refractivity contribution is 7.98. The number of carbonyl (C=O) groups excluding carboxylic acids is 1. The number of anilines is 1. The summed E-state index contributed by atoms with van der Waals surface area (Å²) in [6.07, 6.45) is 2.01. The zero-order valence-corrected chi connectivity index (χ0v) is 12.2. The molecule has 1 aliphatic heterocycles. The smallest absolute Gasteiger partial charge is 0.228 e. The number of carbonyl (C=O) groups is 1.